The monoisotopic (exact) mass is 340 g/mol. The van der Waals surface area contributed by atoms with E-state index in [0.29, 0.717) is 0 Å². The van der Waals surface area contributed by atoms with Crippen LogP contribution in [0.3, 0.4) is 0 Å². The van der Waals surface area contributed by atoms with Gasteiger partial charge in [0.05, 0.1) is 26.2 Å². The molecule has 25 heavy (non-hydrogen) atoms. The first-order valence-electron chi connectivity index (χ1n) is 8.79. The number of amides is 1. The van der Waals surface area contributed by atoms with Crippen LogP contribution in [0.4, 0.5) is 11.6 Å². The second-order valence-electron chi connectivity index (χ2n) is 6.72. The van der Waals surface area contributed by atoms with Crippen molar-refractivity contribution in [3.05, 3.63) is 47.8 Å². The molecule has 1 aliphatic rings. The minimum Gasteiger partial charge on any atom is -0.330 e. The van der Waals surface area contributed by atoms with Crippen LogP contribution in [-0.4, -0.2) is 48.1 Å². The van der Waals surface area contributed by atoms with Gasteiger partial charge in [-0.05, 0) is 44.0 Å². The topological polar surface area (TPSA) is 62.6 Å². The molecule has 2 heterocycles. The third-order valence-electron chi connectivity index (χ3n) is 4.90. The SMILES string of the molecule is Cc1ccc(C)c(NC(=O)[C@@H](C)[NH+]2CCN(c3ncccn3)CC2)c1. The van der Waals surface area contributed by atoms with Crippen LogP contribution >= 0.6 is 0 Å². The fourth-order valence-electron chi connectivity index (χ4n) is 3.18. The summed E-state index contributed by atoms with van der Waals surface area (Å²) in [6, 6.07) is 7.87. The van der Waals surface area contributed by atoms with Crippen molar-refractivity contribution in [3.63, 3.8) is 0 Å². The van der Waals surface area contributed by atoms with Crippen LogP contribution in [0.1, 0.15) is 18.1 Å². The van der Waals surface area contributed by atoms with Crippen molar-refractivity contribution in [2.45, 2.75) is 26.8 Å². The van der Waals surface area contributed by atoms with Crippen molar-refractivity contribution in [2.75, 3.05) is 36.4 Å². The summed E-state index contributed by atoms with van der Waals surface area (Å²) >= 11 is 0. The summed E-state index contributed by atoms with van der Waals surface area (Å²) in [5.41, 5.74) is 3.15. The van der Waals surface area contributed by atoms with E-state index in [1.54, 1.807) is 12.4 Å². The Kier molecular flexibility index (Phi) is 5.28. The number of quaternary nitrogens is 1. The number of nitrogens with one attached hydrogen (secondary N) is 2. The van der Waals surface area contributed by atoms with E-state index in [2.05, 4.69) is 26.3 Å². The first-order chi connectivity index (χ1) is 12.0. The summed E-state index contributed by atoms with van der Waals surface area (Å²) in [4.78, 5) is 24.8. The van der Waals surface area contributed by atoms with Gasteiger partial charge < -0.3 is 15.1 Å². The number of rotatable bonds is 4. The van der Waals surface area contributed by atoms with Crippen LogP contribution in [0.15, 0.2) is 36.7 Å². The molecule has 1 aliphatic heterocycles. The van der Waals surface area contributed by atoms with Crippen molar-refractivity contribution in [1.29, 1.82) is 0 Å². The van der Waals surface area contributed by atoms with Gasteiger partial charge in [0.25, 0.3) is 5.91 Å². The summed E-state index contributed by atoms with van der Waals surface area (Å²) in [5, 5.41) is 3.09. The molecule has 0 radical (unpaired) electrons. The highest BCUT2D eigenvalue weighted by atomic mass is 16.2. The molecule has 0 spiro atoms. The van der Waals surface area contributed by atoms with Gasteiger partial charge in [-0.25, -0.2) is 9.97 Å². The van der Waals surface area contributed by atoms with Crippen molar-refractivity contribution >= 4 is 17.5 Å². The Balaban J connectivity index is 1.57. The number of aromatic nitrogens is 2. The maximum atomic E-state index is 12.7. The van der Waals surface area contributed by atoms with E-state index in [1.807, 2.05) is 39.0 Å². The van der Waals surface area contributed by atoms with Crippen LogP contribution in [-0.2, 0) is 4.79 Å². The molecule has 2 N–H and O–H groups in total. The van der Waals surface area contributed by atoms with Crippen LogP contribution < -0.4 is 15.1 Å². The number of carbonyl (C=O) groups is 1. The number of aryl methyl sites for hydroxylation is 2. The summed E-state index contributed by atoms with van der Waals surface area (Å²) in [5.74, 6) is 0.849. The van der Waals surface area contributed by atoms with Crippen molar-refractivity contribution in [1.82, 2.24) is 9.97 Å². The summed E-state index contributed by atoms with van der Waals surface area (Å²) < 4.78 is 0. The molecule has 2 aromatic rings. The number of hydrogen-bond donors (Lipinski definition) is 2. The Hall–Kier alpha value is -2.47. The molecule has 1 aromatic heterocycles. The number of anilines is 2. The second-order valence-corrected chi connectivity index (χ2v) is 6.72. The van der Waals surface area contributed by atoms with Gasteiger partial charge in [0, 0.05) is 18.1 Å². The molecule has 0 aliphatic carbocycles. The van der Waals surface area contributed by atoms with Crippen molar-refractivity contribution in [3.8, 4) is 0 Å². The maximum absolute atomic E-state index is 12.7. The Morgan fingerprint density at radius 1 is 1.20 bits per heavy atom. The van der Waals surface area contributed by atoms with E-state index in [1.165, 1.54) is 4.90 Å². The van der Waals surface area contributed by atoms with E-state index >= 15 is 0 Å². The average molecular weight is 340 g/mol. The molecule has 0 unspecified atom stereocenters. The maximum Gasteiger partial charge on any atom is 0.282 e. The van der Waals surface area contributed by atoms with Crippen LogP contribution in [0.2, 0.25) is 0 Å². The van der Waals surface area contributed by atoms with E-state index in [-0.39, 0.29) is 11.9 Å². The molecule has 6 nitrogen and oxygen atoms in total. The highest BCUT2D eigenvalue weighted by Crippen LogP contribution is 2.16. The quantitative estimate of drug-likeness (QED) is 0.865. The highest BCUT2D eigenvalue weighted by molar-refractivity contribution is 5.94. The van der Waals surface area contributed by atoms with Gasteiger partial charge >= 0.3 is 0 Å². The van der Waals surface area contributed by atoms with Gasteiger partial charge in [-0.3, -0.25) is 4.79 Å². The number of piperazine rings is 1. The summed E-state index contributed by atoms with van der Waals surface area (Å²) in [6.45, 7) is 9.59. The second kappa shape index (κ2) is 7.61. The normalized spacial score (nSPS) is 16.5. The lowest BCUT2D eigenvalue weighted by Gasteiger charge is -2.34. The lowest BCUT2D eigenvalue weighted by molar-refractivity contribution is -0.914. The molecular formula is C19H26N5O+. The van der Waals surface area contributed by atoms with Crippen LogP contribution in [0.5, 0.6) is 0 Å². The number of benzene rings is 1. The van der Waals surface area contributed by atoms with Crippen LogP contribution in [0.25, 0.3) is 0 Å². The van der Waals surface area contributed by atoms with E-state index in [4.69, 9.17) is 0 Å². The fraction of sp³-hybridized carbons (Fsp3) is 0.421. The standard InChI is InChI=1S/C19H25N5O/c1-14-5-6-15(2)17(13-14)22-18(25)16(3)23-9-11-24(12-10-23)19-20-7-4-8-21-19/h4-8,13,16H,9-12H2,1-3H3,(H,22,25)/p+1/t16-/m1/s1. The van der Waals surface area contributed by atoms with E-state index < -0.39 is 0 Å². The third-order valence-corrected chi connectivity index (χ3v) is 4.90. The molecule has 132 valence electrons. The van der Waals surface area contributed by atoms with Gasteiger partial charge in [0.1, 0.15) is 0 Å². The van der Waals surface area contributed by atoms with Gasteiger partial charge in [-0.2, -0.15) is 0 Å². The Bertz CT molecular complexity index is 726. The van der Waals surface area contributed by atoms with Gasteiger partial charge in [-0.1, -0.05) is 12.1 Å². The van der Waals surface area contributed by atoms with Gasteiger partial charge in [-0.15, -0.1) is 0 Å². The number of carbonyl (C=O) groups excluding carboxylic acids is 1. The molecule has 6 heteroatoms. The molecule has 3 rings (SSSR count). The molecule has 0 saturated carbocycles. The zero-order valence-corrected chi connectivity index (χ0v) is 15.1. The van der Waals surface area contributed by atoms with Crippen molar-refractivity contribution < 1.29 is 9.69 Å². The molecule has 0 bridgehead atoms. The molecule has 1 atom stereocenters. The van der Waals surface area contributed by atoms with Gasteiger partial charge in [0.2, 0.25) is 5.95 Å². The third kappa shape index (κ3) is 4.14. The Labute approximate surface area is 148 Å². The van der Waals surface area contributed by atoms with Crippen LogP contribution in [0, 0.1) is 13.8 Å². The minimum atomic E-state index is -0.0845. The molecule has 1 aromatic carbocycles. The van der Waals surface area contributed by atoms with Gasteiger partial charge in [0.15, 0.2) is 6.04 Å². The average Bonchev–Trinajstić information content (AvgIpc) is 2.65. The molecule has 1 amide bonds. The largest absolute Gasteiger partial charge is 0.330 e. The van der Waals surface area contributed by atoms with E-state index in [9.17, 15) is 4.79 Å². The first-order valence-corrected chi connectivity index (χ1v) is 8.79. The smallest absolute Gasteiger partial charge is 0.282 e. The molecular weight excluding hydrogens is 314 g/mol. The Morgan fingerprint density at radius 3 is 2.56 bits per heavy atom. The zero-order valence-electron chi connectivity index (χ0n) is 15.1. The fourth-order valence-corrected chi connectivity index (χ4v) is 3.18. The molecule has 1 saturated heterocycles. The van der Waals surface area contributed by atoms with E-state index in [0.717, 1.165) is 48.9 Å². The predicted molar refractivity (Wildman–Crippen MR) is 98.9 cm³/mol. The highest BCUT2D eigenvalue weighted by Gasteiger charge is 2.30. The Morgan fingerprint density at radius 2 is 1.88 bits per heavy atom. The zero-order chi connectivity index (χ0) is 17.8. The summed E-state index contributed by atoms with van der Waals surface area (Å²) in [6.07, 6.45) is 3.53. The minimum absolute atomic E-state index is 0.0770. The summed E-state index contributed by atoms with van der Waals surface area (Å²) in [7, 11) is 0. The predicted octanol–water partition coefficient (Wildman–Crippen LogP) is 0.826. The number of nitrogens with zero attached hydrogens (tertiary/aromatic N) is 3. The number of hydrogen-bond acceptors (Lipinski definition) is 4. The molecule has 1 fully saturated rings. The first kappa shape index (κ1) is 17.4. The lowest BCUT2D eigenvalue weighted by Crippen LogP contribution is -3.19. The van der Waals surface area contributed by atoms with Crippen molar-refractivity contribution in [2.24, 2.45) is 0 Å². The lowest BCUT2D eigenvalue weighted by atomic mass is 10.1.